The first-order chi connectivity index (χ1) is 5.72. The number of hydrogen-bond donors (Lipinski definition) is 2. The molecule has 0 unspecified atom stereocenters. The highest BCUT2D eigenvalue weighted by molar-refractivity contribution is 5.90. The fraction of sp³-hybridized carbons (Fsp3) is 0.375. The van der Waals surface area contributed by atoms with Gasteiger partial charge < -0.3 is 10.4 Å². The van der Waals surface area contributed by atoms with Crippen molar-refractivity contribution in [3.8, 4) is 0 Å². The fourth-order valence-corrected chi connectivity index (χ4v) is 0.640. The Balaban J connectivity index is 0.00000144. The molecule has 72 valence electrons. The minimum Gasteiger partial charge on any atom is -0.387 e. The van der Waals surface area contributed by atoms with Crippen LogP contribution >= 0.6 is 0 Å². The van der Waals surface area contributed by atoms with Crippen LogP contribution < -0.4 is 5.32 Å². The summed E-state index contributed by atoms with van der Waals surface area (Å²) in [6.45, 7) is 1.25. The third-order valence-electron chi connectivity index (χ3n) is 1.19. The Kier molecular flexibility index (Phi) is 4.61. The number of aryl methyl sites for hydroxylation is 1. The highest BCUT2D eigenvalue weighted by Gasteiger charge is 1.99. The van der Waals surface area contributed by atoms with Gasteiger partial charge in [-0.15, -0.1) is 0 Å². The van der Waals surface area contributed by atoms with Gasteiger partial charge in [0, 0.05) is 0 Å². The average molecular weight is 183 g/mol. The Bertz CT molecular complexity index is 271. The van der Waals surface area contributed by atoms with E-state index in [0.717, 1.165) is 5.69 Å². The van der Waals surface area contributed by atoms with Crippen molar-refractivity contribution in [1.29, 1.82) is 0 Å². The maximum absolute atomic E-state index is 10.6. The second-order valence-corrected chi connectivity index (χ2v) is 2.25. The van der Waals surface area contributed by atoms with Crippen molar-refractivity contribution in [1.82, 2.24) is 9.97 Å². The maximum atomic E-state index is 10.6. The lowest BCUT2D eigenvalue weighted by Crippen LogP contribution is -2.16. The number of aliphatic hydroxyl groups is 1. The number of aliphatic hydroxyl groups excluding tert-OH is 1. The van der Waals surface area contributed by atoms with Crippen LogP contribution in [0.1, 0.15) is 13.1 Å². The molecule has 1 rings (SSSR count). The van der Waals surface area contributed by atoms with E-state index in [1.165, 1.54) is 12.4 Å². The van der Waals surface area contributed by atoms with Crippen LogP contribution in [0.4, 0.5) is 5.82 Å². The molecular weight excluding hydrogens is 170 g/mol. The third kappa shape index (κ3) is 3.62. The van der Waals surface area contributed by atoms with Crippen LogP contribution in [0.15, 0.2) is 12.4 Å². The summed E-state index contributed by atoms with van der Waals surface area (Å²) < 4.78 is 0. The fourth-order valence-electron chi connectivity index (χ4n) is 0.640. The van der Waals surface area contributed by atoms with Gasteiger partial charge in [-0.3, -0.25) is 9.78 Å². The minimum atomic E-state index is -0.546. The number of hydrogen-bond acceptors (Lipinski definition) is 4. The van der Waals surface area contributed by atoms with E-state index in [4.69, 9.17) is 5.11 Å². The largest absolute Gasteiger partial charge is 0.387 e. The summed E-state index contributed by atoms with van der Waals surface area (Å²) in [5, 5.41) is 10.7. The van der Waals surface area contributed by atoms with Crippen molar-refractivity contribution in [2.24, 2.45) is 0 Å². The summed E-state index contributed by atoms with van der Waals surface area (Å²) in [5.41, 5.74) is 0.775. The molecule has 1 amide bonds. The van der Waals surface area contributed by atoms with Gasteiger partial charge >= 0.3 is 0 Å². The molecule has 0 atom stereocenters. The van der Waals surface area contributed by atoms with E-state index < -0.39 is 12.5 Å². The van der Waals surface area contributed by atoms with Gasteiger partial charge in [0.05, 0.1) is 18.1 Å². The van der Waals surface area contributed by atoms with Crippen LogP contribution in [0.2, 0.25) is 0 Å². The standard InChI is InChI=1S/C7H9N3O2.CH4/c1-5-2-9-6(3-8-5)10-7(12)4-11;/h2-3,11H,4H2,1H3,(H,9,10,12);1H4. The van der Waals surface area contributed by atoms with Gasteiger partial charge in [-0.2, -0.15) is 0 Å². The van der Waals surface area contributed by atoms with E-state index >= 15 is 0 Å². The quantitative estimate of drug-likeness (QED) is 0.693. The predicted molar refractivity (Wildman–Crippen MR) is 49.2 cm³/mol. The van der Waals surface area contributed by atoms with E-state index in [-0.39, 0.29) is 7.43 Å². The molecule has 0 bridgehead atoms. The number of carbonyl (C=O) groups excluding carboxylic acids is 1. The summed E-state index contributed by atoms with van der Waals surface area (Å²) in [7, 11) is 0. The molecule has 1 aromatic rings. The highest BCUT2D eigenvalue weighted by atomic mass is 16.3. The molecule has 0 saturated carbocycles. The van der Waals surface area contributed by atoms with Crippen molar-refractivity contribution in [3.05, 3.63) is 18.1 Å². The van der Waals surface area contributed by atoms with Gasteiger partial charge in [0.25, 0.3) is 5.91 Å². The number of anilines is 1. The monoisotopic (exact) mass is 183 g/mol. The zero-order chi connectivity index (χ0) is 8.97. The summed E-state index contributed by atoms with van der Waals surface area (Å²) in [4.78, 5) is 18.4. The van der Waals surface area contributed by atoms with Gasteiger partial charge in [-0.25, -0.2) is 4.98 Å². The van der Waals surface area contributed by atoms with Crippen LogP contribution in [-0.2, 0) is 4.79 Å². The Morgan fingerprint density at radius 2 is 2.23 bits per heavy atom. The van der Waals surface area contributed by atoms with Crippen molar-refractivity contribution < 1.29 is 9.90 Å². The highest BCUT2D eigenvalue weighted by Crippen LogP contribution is 1.98. The lowest BCUT2D eigenvalue weighted by atomic mass is 10.5. The molecule has 5 heteroatoms. The van der Waals surface area contributed by atoms with Crippen LogP contribution in [0.5, 0.6) is 0 Å². The molecule has 5 nitrogen and oxygen atoms in total. The number of amides is 1. The van der Waals surface area contributed by atoms with Crippen LogP contribution in [0.25, 0.3) is 0 Å². The molecule has 0 aliphatic heterocycles. The maximum Gasteiger partial charge on any atom is 0.251 e. The Hall–Kier alpha value is -1.49. The first-order valence-corrected chi connectivity index (χ1v) is 3.41. The molecule has 0 radical (unpaired) electrons. The summed E-state index contributed by atoms with van der Waals surface area (Å²) >= 11 is 0. The summed E-state index contributed by atoms with van der Waals surface area (Å²) in [5.74, 6) is -0.146. The first kappa shape index (κ1) is 11.5. The van der Waals surface area contributed by atoms with E-state index in [1.54, 1.807) is 6.92 Å². The lowest BCUT2D eigenvalue weighted by Gasteiger charge is -2.00. The van der Waals surface area contributed by atoms with E-state index in [2.05, 4.69) is 15.3 Å². The Morgan fingerprint density at radius 3 is 2.69 bits per heavy atom. The normalized spacial score (nSPS) is 8.77. The number of aromatic nitrogens is 2. The second kappa shape index (κ2) is 5.21. The van der Waals surface area contributed by atoms with Gasteiger partial charge in [0.15, 0.2) is 5.82 Å². The van der Waals surface area contributed by atoms with Crippen molar-refractivity contribution in [3.63, 3.8) is 0 Å². The molecule has 0 saturated heterocycles. The topological polar surface area (TPSA) is 75.1 Å². The zero-order valence-corrected chi connectivity index (χ0v) is 6.61. The minimum absolute atomic E-state index is 0. The summed E-state index contributed by atoms with van der Waals surface area (Å²) in [6.07, 6.45) is 2.97. The van der Waals surface area contributed by atoms with Gasteiger partial charge in [0.2, 0.25) is 0 Å². The van der Waals surface area contributed by atoms with Crippen molar-refractivity contribution in [2.45, 2.75) is 14.4 Å². The molecule has 0 aromatic carbocycles. The van der Waals surface area contributed by atoms with Crippen LogP contribution in [-0.4, -0.2) is 27.6 Å². The van der Waals surface area contributed by atoms with E-state index in [1.807, 2.05) is 0 Å². The molecule has 13 heavy (non-hydrogen) atoms. The Labute approximate surface area is 76.8 Å². The third-order valence-corrected chi connectivity index (χ3v) is 1.19. The molecule has 0 aliphatic rings. The van der Waals surface area contributed by atoms with E-state index in [9.17, 15) is 4.79 Å². The van der Waals surface area contributed by atoms with Crippen molar-refractivity contribution >= 4 is 11.7 Å². The molecule has 1 aromatic heterocycles. The molecular formula is C8H13N3O2. The molecule has 0 spiro atoms. The zero-order valence-electron chi connectivity index (χ0n) is 6.61. The van der Waals surface area contributed by atoms with Crippen molar-refractivity contribution in [2.75, 3.05) is 11.9 Å². The second-order valence-electron chi connectivity index (χ2n) is 2.25. The van der Waals surface area contributed by atoms with E-state index in [0.29, 0.717) is 5.82 Å². The van der Waals surface area contributed by atoms with Gasteiger partial charge in [0.1, 0.15) is 6.61 Å². The first-order valence-electron chi connectivity index (χ1n) is 3.41. The molecule has 0 fully saturated rings. The number of rotatable bonds is 2. The lowest BCUT2D eigenvalue weighted by molar-refractivity contribution is -0.118. The Morgan fingerprint density at radius 1 is 1.54 bits per heavy atom. The number of nitrogens with one attached hydrogen (secondary N) is 1. The molecule has 1 heterocycles. The smallest absolute Gasteiger partial charge is 0.251 e. The van der Waals surface area contributed by atoms with Crippen LogP contribution in [0.3, 0.4) is 0 Å². The predicted octanol–water partition coefficient (Wildman–Crippen LogP) is 0.352. The molecule has 2 N–H and O–H groups in total. The number of nitrogens with zero attached hydrogens (tertiary/aromatic N) is 2. The van der Waals surface area contributed by atoms with Gasteiger partial charge in [-0.1, -0.05) is 7.43 Å². The SMILES string of the molecule is C.Cc1cnc(NC(=O)CO)cn1. The van der Waals surface area contributed by atoms with Gasteiger partial charge in [-0.05, 0) is 6.92 Å². The molecule has 0 aliphatic carbocycles. The summed E-state index contributed by atoms with van der Waals surface area (Å²) in [6, 6.07) is 0. The average Bonchev–Trinajstić information content (AvgIpc) is 2.09. The van der Waals surface area contributed by atoms with Crippen LogP contribution in [0, 0.1) is 6.92 Å². The number of carbonyl (C=O) groups is 1.